The molecule has 0 spiro atoms. The van der Waals surface area contributed by atoms with E-state index in [2.05, 4.69) is 31.4 Å². The summed E-state index contributed by atoms with van der Waals surface area (Å²) in [5.41, 5.74) is 0.417. The van der Waals surface area contributed by atoms with E-state index in [1.54, 1.807) is 6.92 Å². The number of carbonyl (C=O) groups is 2. The van der Waals surface area contributed by atoms with Crippen LogP contribution in [0.25, 0.3) is 0 Å². The molecule has 0 aromatic carbocycles. The average molecular weight is 358 g/mol. The first-order valence-electron chi connectivity index (χ1n) is 7.02. The number of carboxylic acid groups (broad SMARTS) is 1. The molecule has 116 valence electrons. The van der Waals surface area contributed by atoms with Crippen molar-refractivity contribution < 1.29 is 14.7 Å². The van der Waals surface area contributed by atoms with Crippen LogP contribution in [0.3, 0.4) is 0 Å². The fourth-order valence-electron chi connectivity index (χ4n) is 2.16. The van der Waals surface area contributed by atoms with E-state index in [-0.39, 0.29) is 23.9 Å². The van der Waals surface area contributed by atoms with Crippen LogP contribution in [0.15, 0.2) is 4.47 Å². The van der Waals surface area contributed by atoms with Gasteiger partial charge in [0.05, 0.1) is 22.1 Å². The fourth-order valence-corrected chi connectivity index (χ4v) is 2.84. The maximum atomic E-state index is 12.4. The summed E-state index contributed by atoms with van der Waals surface area (Å²) in [5, 5.41) is 18.8. The van der Waals surface area contributed by atoms with Crippen molar-refractivity contribution in [2.75, 3.05) is 0 Å². The van der Waals surface area contributed by atoms with Crippen molar-refractivity contribution in [3.63, 3.8) is 0 Å². The van der Waals surface area contributed by atoms with Crippen molar-refractivity contribution in [2.24, 2.45) is 5.92 Å². The molecule has 7 heteroatoms. The van der Waals surface area contributed by atoms with Gasteiger partial charge in [-0.2, -0.15) is 5.10 Å². The van der Waals surface area contributed by atoms with Crippen LogP contribution in [0.4, 0.5) is 0 Å². The van der Waals surface area contributed by atoms with E-state index in [0.29, 0.717) is 10.4 Å². The standard InChI is InChI=1S/C14H20BrN3O3/c1-7(2)14(3,6-9(19)20)16-13(21)12-10(15)11(17-18-12)8-4-5-8/h7-8H,4-6H2,1-3H3,(H,16,21)(H,17,18)(H,19,20). The molecule has 1 heterocycles. The largest absolute Gasteiger partial charge is 0.481 e. The molecule has 1 saturated carbocycles. The van der Waals surface area contributed by atoms with Crippen molar-refractivity contribution in [1.29, 1.82) is 0 Å². The Balaban J connectivity index is 2.17. The Morgan fingerprint density at radius 3 is 2.62 bits per heavy atom. The maximum Gasteiger partial charge on any atom is 0.305 e. The zero-order valence-electron chi connectivity index (χ0n) is 12.4. The van der Waals surface area contributed by atoms with Crippen LogP contribution in [-0.4, -0.2) is 32.7 Å². The summed E-state index contributed by atoms with van der Waals surface area (Å²) in [6, 6.07) is 0. The fraction of sp³-hybridized carbons (Fsp3) is 0.643. The van der Waals surface area contributed by atoms with Crippen LogP contribution in [0.1, 0.15) is 62.1 Å². The molecule has 3 N–H and O–H groups in total. The van der Waals surface area contributed by atoms with Gasteiger partial charge in [0.2, 0.25) is 0 Å². The molecule has 1 aliphatic carbocycles. The molecule has 6 nitrogen and oxygen atoms in total. The molecule has 1 amide bonds. The molecule has 0 radical (unpaired) electrons. The molecule has 1 unspecified atom stereocenters. The molecule has 0 bridgehead atoms. The van der Waals surface area contributed by atoms with E-state index in [4.69, 9.17) is 5.11 Å². The van der Waals surface area contributed by atoms with Gasteiger partial charge in [0.1, 0.15) is 0 Å². The SMILES string of the molecule is CC(C)C(C)(CC(=O)O)NC(=O)c1n[nH]c(C2CC2)c1Br. The summed E-state index contributed by atoms with van der Waals surface area (Å²) in [6.45, 7) is 5.52. The van der Waals surface area contributed by atoms with Crippen molar-refractivity contribution in [2.45, 2.75) is 51.5 Å². The van der Waals surface area contributed by atoms with Crippen LogP contribution < -0.4 is 5.32 Å². The van der Waals surface area contributed by atoms with Gasteiger partial charge in [0, 0.05) is 5.92 Å². The summed E-state index contributed by atoms with van der Waals surface area (Å²) in [4.78, 5) is 23.4. The van der Waals surface area contributed by atoms with Crippen molar-refractivity contribution in [1.82, 2.24) is 15.5 Å². The lowest BCUT2D eigenvalue weighted by atomic mass is 9.85. The predicted molar refractivity (Wildman–Crippen MR) is 81.2 cm³/mol. The molecular formula is C14H20BrN3O3. The molecule has 1 aromatic heterocycles. The number of aliphatic carboxylic acids is 1. The van der Waals surface area contributed by atoms with E-state index in [9.17, 15) is 9.59 Å². The second-order valence-electron chi connectivity index (χ2n) is 6.17. The molecule has 21 heavy (non-hydrogen) atoms. The lowest BCUT2D eigenvalue weighted by Crippen LogP contribution is -2.51. The molecule has 0 aliphatic heterocycles. The Morgan fingerprint density at radius 1 is 1.52 bits per heavy atom. The van der Waals surface area contributed by atoms with E-state index in [1.807, 2.05) is 13.8 Å². The van der Waals surface area contributed by atoms with E-state index in [0.717, 1.165) is 18.5 Å². The Kier molecular flexibility index (Phi) is 4.41. The van der Waals surface area contributed by atoms with Gasteiger partial charge in [-0.15, -0.1) is 0 Å². The lowest BCUT2D eigenvalue weighted by Gasteiger charge is -2.33. The third kappa shape index (κ3) is 3.45. The Labute approximate surface area is 131 Å². The van der Waals surface area contributed by atoms with E-state index in [1.165, 1.54) is 0 Å². The first-order chi connectivity index (χ1) is 9.74. The van der Waals surface area contributed by atoms with Gasteiger partial charge in [-0.3, -0.25) is 14.7 Å². The number of rotatable bonds is 6. The molecule has 0 saturated heterocycles. The van der Waals surface area contributed by atoms with Gasteiger partial charge in [-0.25, -0.2) is 0 Å². The lowest BCUT2D eigenvalue weighted by molar-refractivity contribution is -0.138. The minimum absolute atomic E-state index is 0.0156. The number of nitrogens with zero attached hydrogens (tertiary/aromatic N) is 1. The monoisotopic (exact) mass is 357 g/mol. The highest BCUT2D eigenvalue weighted by molar-refractivity contribution is 9.10. The van der Waals surface area contributed by atoms with Crippen LogP contribution in [0.2, 0.25) is 0 Å². The van der Waals surface area contributed by atoms with Crippen molar-refractivity contribution in [3.8, 4) is 0 Å². The topological polar surface area (TPSA) is 95.1 Å². The zero-order valence-corrected chi connectivity index (χ0v) is 14.0. The normalized spacial score (nSPS) is 17.6. The van der Waals surface area contributed by atoms with Crippen LogP contribution >= 0.6 is 15.9 Å². The maximum absolute atomic E-state index is 12.4. The highest BCUT2D eigenvalue weighted by Crippen LogP contribution is 2.42. The minimum Gasteiger partial charge on any atom is -0.481 e. The average Bonchev–Trinajstić information content (AvgIpc) is 3.11. The summed E-state index contributed by atoms with van der Waals surface area (Å²) >= 11 is 3.42. The molecule has 2 rings (SSSR count). The number of halogens is 1. The molecule has 1 atom stereocenters. The molecule has 1 fully saturated rings. The number of aromatic amines is 1. The van der Waals surface area contributed by atoms with Crippen LogP contribution in [-0.2, 0) is 4.79 Å². The number of carbonyl (C=O) groups excluding carboxylic acids is 1. The second-order valence-corrected chi connectivity index (χ2v) is 6.96. The Hall–Kier alpha value is -1.37. The second kappa shape index (κ2) is 5.79. The number of nitrogens with one attached hydrogen (secondary N) is 2. The number of amides is 1. The van der Waals surface area contributed by atoms with E-state index < -0.39 is 11.5 Å². The van der Waals surface area contributed by atoms with Gasteiger partial charge in [-0.05, 0) is 41.6 Å². The highest BCUT2D eigenvalue weighted by Gasteiger charge is 2.35. The molecule has 1 aliphatic rings. The zero-order chi connectivity index (χ0) is 15.8. The summed E-state index contributed by atoms with van der Waals surface area (Å²) in [7, 11) is 0. The predicted octanol–water partition coefficient (Wildman–Crippen LogP) is 2.67. The number of aromatic nitrogens is 2. The molecule has 1 aromatic rings. The van der Waals surface area contributed by atoms with Gasteiger partial charge in [0.15, 0.2) is 5.69 Å². The highest BCUT2D eigenvalue weighted by atomic mass is 79.9. The third-order valence-corrected chi connectivity index (χ3v) is 4.93. The Morgan fingerprint density at radius 2 is 2.14 bits per heavy atom. The first-order valence-corrected chi connectivity index (χ1v) is 7.82. The number of carboxylic acids is 1. The first kappa shape index (κ1) is 16.0. The quantitative estimate of drug-likeness (QED) is 0.729. The van der Waals surface area contributed by atoms with Gasteiger partial charge >= 0.3 is 5.97 Å². The van der Waals surface area contributed by atoms with Crippen LogP contribution in [0.5, 0.6) is 0 Å². The van der Waals surface area contributed by atoms with Gasteiger partial charge < -0.3 is 10.4 Å². The van der Waals surface area contributed by atoms with Gasteiger partial charge in [-0.1, -0.05) is 13.8 Å². The number of hydrogen-bond donors (Lipinski definition) is 3. The summed E-state index contributed by atoms with van der Waals surface area (Å²) in [5.74, 6) is -0.865. The molecular weight excluding hydrogens is 338 g/mol. The van der Waals surface area contributed by atoms with E-state index >= 15 is 0 Å². The summed E-state index contributed by atoms with van der Waals surface area (Å²) in [6.07, 6.45) is 2.07. The van der Waals surface area contributed by atoms with Crippen LogP contribution in [0, 0.1) is 5.92 Å². The number of hydrogen-bond acceptors (Lipinski definition) is 3. The smallest absolute Gasteiger partial charge is 0.305 e. The third-order valence-electron chi connectivity index (χ3n) is 4.13. The number of H-pyrrole nitrogens is 1. The van der Waals surface area contributed by atoms with Gasteiger partial charge in [0.25, 0.3) is 5.91 Å². The minimum atomic E-state index is -0.939. The van der Waals surface area contributed by atoms with Crippen molar-refractivity contribution >= 4 is 27.8 Å². The van der Waals surface area contributed by atoms with Crippen molar-refractivity contribution in [3.05, 3.63) is 15.9 Å². The Bertz CT molecular complexity index is 566. The summed E-state index contributed by atoms with van der Waals surface area (Å²) < 4.78 is 0.684.